The summed E-state index contributed by atoms with van der Waals surface area (Å²) in [5.74, 6) is 0.889. The Morgan fingerprint density at radius 2 is 2.27 bits per heavy atom. The van der Waals surface area contributed by atoms with E-state index in [-0.39, 0.29) is 5.41 Å². The summed E-state index contributed by atoms with van der Waals surface area (Å²) in [4.78, 5) is 1.39. The Labute approximate surface area is 85.6 Å². The number of hydrogen-bond donors (Lipinski definition) is 1. The van der Waals surface area contributed by atoms with Crippen LogP contribution in [0.15, 0.2) is 15.9 Å². The molecule has 0 aliphatic rings. The number of thiophene rings is 1. The molecule has 1 aromatic rings. The number of rotatable bonds is 2. The van der Waals surface area contributed by atoms with E-state index in [1.807, 2.05) is 0 Å². The second-order valence-corrected chi connectivity index (χ2v) is 5.31. The van der Waals surface area contributed by atoms with Crippen LogP contribution in [0.5, 0.6) is 0 Å². The minimum absolute atomic E-state index is 0.208. The van der Waals surface area contributed by atoms with Crippen molar-refractivity contribution in [3.63, 3.8) is 0 Å². The van der Waals surface area contributed by atoms with Gasteiger partial charge in [-0.15, -0.1) is 11.3 Å². The van der Waals surface area contributed by atoms with Crippen molar-refractivity contribution in [3.8, 4) is 0 Å². The lowest BCUT2D eigenvalue weighted by Crippen LogP contribution is -2.16. The van der Waals surface area contributed by atoms with Crippen LogP contribution in [-0.4, -0.2) is 5.75 Å². The molecule has 0 unspecified atom stereocenters. The van der Waals surface area contributed by atoms with E-state index in [9.17, 15) is 0 Å². The lowest BCUT2D eigenvalue weighted by Gasteiger charge is -2.19. The molecule has 0 aromatic carbocycles. The standard InChI is InChI=1S/C8H11BrS2/c1-8(2,5-10)7-3-6(9)4-11-7/h3-4,10H,5H2,1-2H3. The zero-order valence-corrected chi connectivity index (χ0v) is 9.89. The summed E-state index contributed by atoms with van der Waals surface area (Å²) >= 11 is 9.54. The summed E-state index contributed by atoms with van der Waals surface area (Å²) in [6, 6.07) is 2.17. The summed E-state index contributed by atoms with van der Waals surface area (Å²) in [6.45, 7) is 4.41. The van der Waals surface area contributed by atoms with Gasteiger partial charge in [-0.25, -0.2) is 0 Å². The Morgan fingerprint density at radius 1 is 1.64 bits per heavy atom. The fourth-order valence-corrected chi connectivity index (χ4v) is 2.58. The van der Waals surface area contributed by atoms with E-state index in [0.29, 0.717) is 0 Å². The van der Waals surface area contributed by atoms with Gasteiger partial charge in [-0.05, 0) is 22.0 Å². The predicted octanol–water partition coefficient (Wildman–Crippen LogP) is 3.72. The maximum Gasteiger partial charge on any atom is 0.0285 e. The van der Waals surface area contributed by atoms with E-state index in [1.165, 1.54) is 9.35 Å². The normalized spacial score (nSPS) is 12.0. The molecule has 1 aromatic heterocycles. The third-order valence-corrected chi connectivity index (χ3v) is 4.48. The molecular formula is C8H11BrS2. The largest absolute Gasteiger partial charge is 0.178 e. The van der Waals surface area contributed by atoms with Crippen LogP contribution in [0.1, 0.15) is 18.7 Å². The van der Waals surface area contributed by atoms with Crippen molar-refractivity contribution >= 4 is 39.9 Å². The van der Waals surface area contributed by atoms with E-state index in [4.69, 9.17) is 0 Å². The van der Waals surface area contributed by atoms with Gasteiger partial charge < -0.3 is 0 Å². The van der Waals surface area contributed by atoms with Crippen molar-refractivity contribution in [3.05, 3.63) is 20.8 Å². The second kappa shape index (κ2) is 3.50. The smallest absolute Gasteiger partial charge is 0.0285 e. The van der Waals surface area contributed by atoms with Crippen LogP contribution >= 0.6 is 39.9 Å². The van der Waals surface area contributed by atoms with E-state index in [0.717, 1.165) is 5.75 Å². The van der Waals surface area contributed by atoms with Gasteiger partial charge in [0.2, 0.25) is 0 Å². The van der Waals surface area contributed by atoms with E-state index in [1.54, 1.807) is 11.3 Å². The average molecular weight is 251 g/mol. The van der Waals surface area contributed by atoms with Crippen LogP contribution in [0.25, 0.3) is 0 Å². The van der Waals surface area contributed by atoms with Gasteiger partial charge in [0.1, 0.15) is 0 Å². The topological polar surface area (TPSA) is 0 Å². The fourth-order valence-electron chi connectivity index (χ4n) is 0.746. The van der Waals surface area contributed by atoms with Gasteiger partial charge in [0.25, 0.3) is 0 Å². The molecule has 1 heterocycles. The van der Waals surface area contributed by atoms with Gasteiger partial charge in [0, 0.05) is 25.9 Å². The number of thiol groups is 1. The van der Waals surface area contributed by atoms with Gasteiger partial charge >= 0.3 is 0 Å². The van der Waals surface area contributed by atoms with Gasteiger partial charge in [0.15, 0.2) is 0 Å². The quantitative estimate of drug-likeness (QED) is 0.761. The summed E-state index contributed by atoms with van der Waals surface area (Å²) in [7, 11) is 0. The molecule has 3 heteroatoms. The second-order valence-electron chi connectivity index (χ2n) is 3.17. The van der Waals surface area contributed by atoms with Crippen molar-refractivity contribution in [1.29, 1.82) is 0 Å². The van der Waals surface area contributed by atoms with Crippen molar-refractivity contribution < 1.29 is 0 Å². The molecule has 0 aliphatic carbocycles. The molecule has 11 heavy (non-hydrogen) atoms. The summed E-state index contributed by atoms with van der Waals surface area (Å²) in [5.41, 5.74) is 0.208. The molecule has 0 saturated carbocycles. The molecular weight excluding hydrogens is 240 g/mol. The molecule has 0 nitrogen and oxygen atoms in total. The number of halogens is 1. The monoisotopic (exact) mass is 250 g/mol. The molecule has 0 bridgehead atoms. The fraction of sp³-hybridized carbons (Fsp3) is 0.500. The summed E-state index contributed by atoms with van der Waals surface area (Å²) in [5, 5.41) is 2.11. The first-order valence-electron chi connectivity index (χ1n) is 3.41. The average Bonchev–Trinajstić information content (AvgIpc) is 2.36. The Kier molecular flexibility index (Phi) is 3.06. The van der Waals surface area contributed by atoms with Crippen LogP contribution in [0.4, 0.5) is 0 Å². The molecule has 0 N–H and O–H groups in total. The van der Waals surface area contributed by atoms with E-state index in [2.05, 4.69) is 53.9 Å². The van der Waals surface area contributed by atoms with E-state index >= 15 is 0 Å². The Hall–Kier alpha value is 0.530. The molecule has 62 valence electrons. The van der Waals surface area contributed by atoms with Crippen LogP contribution in [-0.2, 0) is 5.41 Å². The third kappa shape index (κ3) is 2.23. The van der Waals surface area contributed by atoms with Crippen molar-refractivity contribution in [1.82, 2.24) is 0 Å². The van der Waals surface area contributed by atoms with E-state index < -0.39 is 0 Å². The minimum Gasteiger partial charge on any atom is -0.178 e. The molecule has 1 rings (SSSR count). The Morgan fingerprint density at radius 3 is 2.64 bits per heavy atom. The molecule has 0 radical (unpaired) electrons. The Bertz CT molecular complexity index is 240. The van der Waals surface area contributed by atoms with Crippen LogP contribution < -0.4 is 0 Å². The van der Waals surface area contributed by atoms with Crippen LogP contribution in [0.3, 0.4) is 0 Å². The molecule has 0 atom stereocenters. The van der Waals surface area contributed by atoms with Crippen molar-refractivity contribution in [2.24, 2.45) is 0 Å². The molecule has 0 amide bonds. The third-order valence-electron chi connectivity index (χ3n) is 1.63. The van der Waals surface area contributed by atoms with Crippen LogP contribution in [0, 0.1) is 0 Å². The van der Waals surface area contributed by atoms with Gasteiger partial charge in [-0.3, -0.25) is 0 Å². The highest BCUT2D eigenvalue weighted by atomic mass is 79.9. The predicted molar refractivity (Wildman–Crippen MR) is 58.9 cm³/mol. The summed E-state index contributed by atoms with van der Waals surface area (Å²) < 4.78 is 1.17. The minimum atomic E-state index is 0.208. The highest BCUT2D eigenvalue weighted by Crippen LogP contribution is 2.31. The molecule has 0 saturated heterocycles. The first-order chi connectivity index (χ1) is 5.06. The van der Waals surface area contributed by atoms with Crippen molar-refractivity contribution in [2.75, 3.05) is 5.75 Å². The van der Waals surface area contributed by atoms with Crippen molar-refractivity contribution in [2.45, 2.75) is 19.3 Å². The molecule has 0 aliphatic heterocycles. The maximum absolute atomic E-state index is 4.31. The van der Waals surface area contributed by atoms with Crippen LogP contribution in [0.2, 0.25) is 0 Å². The summed E-state index contributed by atoms with van der Waals surface area (Å²) in [6.07, 6.45) is 0. The van der Waals surface area contributed by atoms with Gasteiger partial charge in [-0.2, -0.15) is 12.6 Å². The maximum atomic E-state index is 4.31. The zero-order chi connectivity index (χ0) is 8.48. The van der Waals surface area contributed by atoms with Gasteiger partial charge in [0.05, 0.1) is 0 Å². The highest BCUT2D eigenvalue weighted by Gasteiger charge is 2.19. The first kappa shape index (κ1) is 9.62. The zero-order valence-electron chi connectivity index (χ0n) is 6.60. The number of hydrogen-bond acceptors (Lipinski definition) is 2. The SMILES string of the molecule is CC(C)(CS)c1cc(Br)cs1. The lowest BCUT2D eigenvalue weighted by molar-refractivity contribution is 0.618. The first-order valence-corrected chi connectivity index (χ1v) is 5.72. The Balaban J connectivity index is 2.92. The molecule has 0 fully saturated rings. The lowest BCUT2D eigenvalue weighted by atomic mass is 9.94. The molecule has 0 spiro atoms. The highest BCUT2D eigenvalue weighted by molar-refractivity contribution is 9.10. The van der Waals surface area contributed by atoms with Gasteiger partial charge in [-0.1, -0.05) is 13.8 Å².